The van der Waals surface area contributed by atoms with E-state index < -0.39 is 0 Å². The van der Waals surface area contributed by atoms with Crippen LogP contribution in [-0.2, 0) is 9.47 Å². The summed E-state index contributed by atoms with van der Waals surface area (Å²) in [5.41, 5.74) is 0.128. The number of halogens is 1. The molecule has 2 rings (SSSR count). The van der Waals surface area contributed by atoms with Gasteiger partial charge in [-0.25, -0.2) is 0 Å². The first-order valence-electron chi connectivity index (χ1n) is 6.12. The second-order valence-electron chi connectivity index (χ2n) is 4.89. The fraction of sp³-hybridized carbons (Fsp3) is 1.00. The van der Waals surface area contributed by atoms with E-state index >= 15 is 0 Å². The highest BCUT2D eigenvalue weighted by molar-refractivity contribution is 9.09. The van der Waals surface area contributed by atoms with Gasteiger partial charge in [0, 0.05) is 11.9 Å². The zero-order valence-corrected chi connectivity index (χ0v) is 10.9. The molecular formula is C12H21BrO2. The Morgan fingerprint density at radius 2 is 1.87 bits per heavy atom. The molecule has 0 unspecified atom stereocenters. The molecule has 0 heterocycles. The van der Waals surface area contributed by atoms with Crippen LogP contribution >= 0.6 is 15.9 Å². The number of alkyl halides is 1. The van der Waals surface area contributed by atoms with Crippen LogP contribution in [0.3, 0.4) is 0 Å². The lowest BCUT2D eigenvalue weighted by molar-refractivity contribution is -0.0497. The molecule has 2 aliphatic carbocycles. The lowest BCUT2D eigenvalue weighted by Crippen LogP contribution is -2.32. The predicted molar refractivity (Wildman–Crippen MR) is 64.5 cm³/mol. The van der Waals surface area contributed by atoms with Gasteiger partial charge in [0.25, 0.3) is 0 Å². The van der Waals surface area contributed by atoms with Crippen molar-refractivity contribution in [2.45, 2.75) is 44.1 Å². The third kappa shape index (κ3) is 3.72. The molecule has 0 aromatic rings. The van der Waals surface area contributed by atoms with E-state index in [1.807, 2.05) is 0 Å². The third-order valence-electron chi connectivity index (χ3n) is 3.44. The molecule has 0 bridgehead atoms. The first kappa shape index (κ1) is 11.9. The molecule has 15 heavy (non-hydrogen) atoms. The van der Waals surface area contributed by atoms with Gasteiger partial charge in [0.15, 0.2) is 0 Å². The summed E-state index contributed by atoms with van der Waals surface area (Å²) in [6.07, 6.45) is 7.78. The average molecular weight is 277 g/mol. The second kappa shape index (κ2) is 5.65. The Morgan fingerprint density at radius 1 is 1.13 bits per heavy atom. The van der Waals surface area contributed by atoms with Gasteiger partial charge in [-0.1, -0.05) is 28.8 Å². The van der Waals surface area contributed by atoms with Crippen LogP contribution in [0.2, 0.25) is 0 Å². The minimum absolute atomic E-state index is 0.128. The summed E-state index contributed by atoms with van der Waals surface area (Å²) in [4.78, 5) is 0. The zero-order valence-electron chi connectivity index (χ0n) is 9.34. The third-order valence-corrected chi connectivity index (χ3v) is 4.47. The highest BCUT2D eigenvalue weighted by Gasteiger charge is 2.33. The molecule has 0 aromatic carbocycles. The Labute approximate surface area is 101 Å². The molecule has 0 aliphatic heterocycles. The molecule has 88 valence electrons. The maximum Gasteiger partial charge on any atom is 0.0780 e. The lowest BCUT2D eigenvalue weighted by Gasteiger charge is -2.27. The Kier molecular flexibility index (Phi) is 4.47. The van der Waals surface area contributed by atoms with E-state index in [1.165, 1.54) is 38.5 Å². The maximum absolute atomic E-state index is 5.97. The van der Waals surface area contributed by atoms with Crippen molar-refractivity contribution in [3.8, 4) is 0 Å². The quantitative estimate of drug-likeness (QED) is 0.526. The highest BCUT2D eigenvalue weighted by atomic mass is 79.9. The van der Waals surface area contributed by atoms with Gasteiger partial charge in [-0.2, -0.15) is 0 Å². The number of rotatable bonds is 7. The predicted octanol–water partition coefficient (Wildman–Crippen LogP) is 3.14. The molecule has 0 amide bonds. The smallest absolute Gasteiger partial charge is 0.0780 e. The van der Waals surface area contributed by atoms with Crippen LogP contribution in [0, 0.1) is 5.92 Å². The van der Waals surface area contributed by atoms with Gasteiger partial charge < -0.3 is 9.47 Å². The molecule has 2 aliphatic rings. The van der Waals surface area contributed by atoms with Gasteiger partial charge in [0.1, 0.15) is 0 Å². The first-order valence-corrected chi connectivity index (χ1v) is 7.24. The lowest BCUT2D eigenvalue weighted by atomic mass is 10.1. The SMILES string of the molecule is BrCC1(OCCOCC2CC2)CCCC1. The Balaban J connectivity index is 1.54. The van der Waals surface area contributed by atoms with Crippen LogP contribution in [0.15, 0.2) is 0 Å². The van der Waals surface area contributed by atoms with Gasteiger partial charge >= 0.3 is 0 Å². The molecule has 2 fully saturated rings. The van der Waals surface area contributed by atoms with Crippen LogP contribution < -0.4 is 0 Å². The van der Waals surface area contributed by atoms with Crippen LogP contribution in [0.5, 0.6) is 0 Å². The summed E-state index contributed by atoms with van der Waals surface area (Å²) in [5.74, 6) is 0.863. The average Bonchev–Trinajstić information content (AvgIpc) is 2.96. The van der Waals surface area contributed by atoms with Gasteiger partial charge in [0.2, 0.25) is 0 Å². The molecule has 0 N–H and O–H groups in total. The van der Waals surface area contributed by atoms with Crippen LogP contribution in [0.25, 0.3) is 0 Å². The molecule has 0 atom stereocenters. The van der Waals surface area contributed by atoms with Crippen molar-refractivity contribution in [2.24, 2.45) is 5.92 Å². The fourth-order valence-corrected chi connectivity index (χ4v) is 2.91. The molecule has 0 aromatic heterocycles. The van der Waals surface area contributed by atoms with E-state index in [-0.39, 0.29) is 5.60 Å². The first-order chi connectivity index (χ1) is 7.35. The summed E-state index contributed by atoms with van der Waals surface area (Å²) in [5, 5.41) is 0.975. The van der Waals surface area contributed by atoms with Gasteiger partial charge in [-0.05, 0) is 31.6 Å². The topological polar surface area (TPSA) is 18.5 Å². The maximum atomic E-state index is 5.97. The number of hydrogen-bond acceptors (Lipinski definition) is 2. The monoisotopic (exact) mass is 276 g/mol. The van der Waals surface area contributed by atoms with Crippen molar-refractivity contribution in [1.82, 2.24) is 0 Å². The summed E-state index contributed by atoms with van der Waals surface area (Å²) in [6, 6.07) is 0. The second-order valence-corrected chi connectivity index (χ2v) is 5.45. The van der Waals surface area contributed by atoms with Gasteiger partial charge in [0.05, 0.1) is 18.8 Å². The van der Waals surface area contributed by atoms with Crippen molar-refractivity contribution in [3.63, 3.8) is 0 Å². The van der Waals surface area contributed by atoms with E-state index in [9.17, 15) is 0 Å². The molecular weight excluding hydrogens is 256 g/mol. The summed E-state index contributed by atoms with van der Waals surface area (Å²) < 4.78 is 11.5. The summed E-state index contributed by atoms with van der Waals surface area (Å²) >= 11 is 3.57. The fourth-order valence-electron chi connectivity index (χ4n) is 2.19. The van der Waals surface area contributed by atoms with Crippen molar-refractivity contribution in [1.29, 1.82) is 0 Å². The standard InChI is InChI=1S/C12H21BrO2/c13-10-12(5-1-2-6-12)15-8-7-14-9-11-3-4-11/h11H,1-10H2. The molecule has 0 spiro atoms. The zero-order chi connectivity index (χ0) is 10.6. The Morgan fingerprint density at radius 3 is 2.47 bits per heavy atom. The minimum atomic E-state index is 0.128. The van der Waals surface area contributed by atoms with E-state index in [1.54, 1.807) is 0 Å². The molecule has 0 saturated heterocycles. The number of ether oxygens (including phenoxy) is 2. The highest BCUT2D eigenvalue weighted by Crippen LogP contribution is 2.34. The van der Waals surface area contributed by atoms with Crippen molar-refractivity contribution < 1.29 is 9.47 Å². The summed E-state index contributed by atoms with van der Waals surface area (Å²) in [7, 11) is 0. The van der Waals surface area contributed by atoms with Crippen LogP contribution in [-0.4, -0.2) is 30.8 Å². The minimum Gasteiger partial charge on any atom is -0.379 e. The molecule has 3 heteroatoms. The van der Waals surface area contributed by atoms with E-state index in [2.05, 4.69) is 15.9 Å². The molecule has 0 radical (unpaired) electrons. The summed E-state index contributed by atoms with van der Waals surface area (Å²) in [6.45, 7) is 2.48. The van der Waals surface area contributed by atoms with Crippen LogP contribution in [0.4, 0.5) is 0 Å². The van der Waals surface area contributed by atoms with E-state index in [4.69, 9.17) is 9.47 Å². The largest absolute Gasteiger partial charge is 0.379 e. The molecule has 2 saturated carbocycles. The Hall–Kier alpha value is 0.400. The van der Waals surface area contributed by atoms with E-state index in [0.717, 1.165) is 31.1 Å². The van der Waals surface area contributed by atoms with Crippen molar-refractivity contribution >= 4 is 15.9 Å². The van der Waals surface area contributed by atoms with Crippen molar-refractivity contribution in [2.75, 3.05) is 25.2 Å². The normalized spacial score (nSPS) is 24.6. The van der Waals surface area contributed by atoms with Crippen LogP contribution in [0.1, 0.15) is 38.5 Å². The van der Waals surface area contributed by atoms with Crippen molar-refractivity contribution in [3.05, 3.63) is 0 Å². The van der Waals surface area contributed by atoms with Gasteiger partial charge in [-0.15, -0.1) is 0 Å². The Bertz CT molecular complexity index is 186. The van der Waals surface area contributed by atoms with Gasteiger partial charge in [-0.3, -0.25) is 0 Å². The number of hydrogen-bond donors (Lipinski definition) is 0. The molecule has 2 nitrogen and oxygen atoms in total. The van der Waals surface area contributed by atoms with E-state index in [0.29, 0.717) is 0 Å².